The van der Waals surface area contributed by atoms with Gasteiger partial charge in [-0.3, -0.25) is 4.79 Å². The van der Waals surface area contributed by atoms with E-state index in [2.05, 4.69) is 20.2 Å². The van der Waals surface area contributed by atoms with Gasteiger partial charge < -0.3 is 19.3 Å². The summed E-state index contributed by atoms with van der Waals surface area (Å²) < 4.78 is 43.6. The number of anilines is 2. The quantitative estimate of drug-likeness (QED) is 0.433. The molecule has 11 heteroatoms. The molecule has 10 nitrogen and oxygen atoms in total. The van der Waals surface area contributed by atoms with Gasteiger partial charge in [-0.2, -0.15) is 0 Å². The standard InChI is InChI=1S/C23H28N4O6S/c1-15-16(2)26-33-22(15)27-34(29,30)19-9-7-18(8-10-19)25-21(28)17-6-11-20(24-14-17)31-12-13-32-23(3,4)5/h6-11,14,27H,12-13H2,1-5H3,(H,25,28). The zero-order valence-electron chi connectivity index (χ0n) is 19.7. The number of nitrogens with one attached hydrogen (secondary N) is 2. The topological polar surface area (TPSA) is 133 Å². The number of sulfonamides is 1. The molecule has 1 amide bonds. The van der Waals surface area contributed by atoms with Gasteiger partial charge in [-0.15, -0.1) is 0 Å². The molecule has 182 valence electrons. The molecule has 0 atom stereocenters. The number of ether oxygens (including phenoxy) is 2. The maximum absolute atomic E-state index is 12.6. The van der Waals surface area contributed by atoms with Crippen molar-refractivity contribution in [3.63, 3.8) is 0 Å². The Morgan fingerprint density at radius 1 is 1.06 bits per heavy atom. The fraction of sp³-hybridized carbons (Fsp3) is 0.348. The highest BCUT2D eigenvalue weighted by atomic mass is 32.2. The molecule has 0 aliphatic carbocycles. The van der Waals surface area contributed by atoms with Crippen molar-refractivity contribution >= 4 is 27.5 Å². The van der Waals surface area contributed by atoms with E-state index in [-0.39, 0.29) is 16.4 Å². The number of carbonyl (C=O) groups excluding carboxylic acids is 1. The van der Waals surface area contributed by atoms with Gasteiger partial charge in [-0.25, -0.2) is 18.1 Å². The van der Waals surface area contributed by atoms with Gasteiger partial charge in [0.2, 0.25) is 11.8 Å². The highest BCUT2D eigenvalue weighted by molar-refractivity contribution is 7.92. The summed E-state index contributed by atoms with van der Waals surface area (Å²) in [6.45, 7) is 10.1. The second kappa shape index (κ2) is 10.2. The van der Waals surface area contributed by atoms with Crippen molar-refractivity contribution in [2.24, 2.45) is 0 Å². The Balaban J connectivity index is 1.56. The SMILES string of the molecule is Cc1noc(NS(=O)(=O)c2ccc(NC(=O)c3ccc(OCCOC(C)(C)C)nc3)cc2)c1C. The number of carbonyl (C=O) groups is 1. The van der Waals surface area contributed by atoms with Crippen LogP contribution in [0.1, 0.15) is 42.4 Å². The largest absolute Gasteiger partial charge is 0.475 e. The highest BCUT2D eigenvalue weighted by Crippen LogP contribution is 2.23. The Hall–Kier alpha value is -3.44. The minimum absolute atomic E-state index is 0.0116. The van der Waals surface area contributed by atoms with E-state index in [1.807, 2.05) is 20.8 Å². The van der Waals surface area contributed by atoms with Crippen molar-refractivity contribution in [3.05, 3.63) is 59.4 Å². The lowest BCUT2D eigenvalue weighted by atomic mass is 10.2. The molecule has 3 rings (SSSR count). The summed E-state index contributed by atoms with van der Waals surface area (Å²) in [7, 11) is -3.87. The van der Waals surface area contributed by atoms with Crippen LogP contribution < -0.4 is 14.8 Å². The van der Waals surface area contributed by atoms with Crippen LogP contribution in [0.15, 0.2) is 52.0 Å². The predicted molar refractivity (Wildman–Crippen MR) is 127 cm³/mol. The average Bonchev–Trinajstić information content (AvgIpc) is 3.08. The highest BCUT2D eigenvalue weighted by Gasteiger charge is 2.19. The molecule has 0 aliphatic heterocycles. The molecule has 34 heavy (non-hydrogen) atoms. The van der Waals surface area contributed by atoms with Crippen molar-refractivity contribution in [3.8, 4) is 5.88 Å². The fourth-order valence-electron chi connectivity index (χ4n) is 2.71. The summed E-state index contributed by atoms with van der Waals surface area (Å²) in [5, 5.41) is 6.44. The number of hydrogen-bond donors (Lipinski definition) is 2. The molecular weight excluding hydrogens is 460 g/mol. The molecule has 2 N–H and O–H groups in total. The van der Waals surface area contributed by atoms with E-state index in [9.17, 15) is 13.2 Å². The van der Waals surface area contributed by atoms with E-state index >= 15 is 0 Å². The van der Waals surface area contributed by atoms with Crippen LogP contribution in [0.25, 0.3) is 0 Å². The molecule has 0 saturated heterocycles. The molecule has 0 radical (unpaired) electrons. The van der Waals surface area contributed by atoms with Gasteiger partial charge in [0.1, 0.15) is 6.61 Å². The number of benzene rings is 1. The van der Waals surface area contributed by atoms with Gasteiger partial charge in [-0.1, -0.05) is 5.16 Å². The molecule has 0 bridgehead atoms. The van der Waals surface area contributed by atoms with E-state index in [1.54, 1.807) is 26.0 Å². The Morgan fingerprint density at radius 3 is 2.32 bits per heavy atom. The first-order valence-electron chi connectivity index (χ1n) is 10.5. The van der Waals surface area contributed by atoms with Crippen LogP contribution in [0.2, 0.25) is 0 Å². The van der Waals surface area contributed by atoms with Gasteiger partial charge in [0.05, 0.1) is 28.4 Å². The maximum atomic E-state index is 12.6. The monoisotopic (exact) mass is 488 g/mol. The predicted octanol–water partition coefficient (Wildman–Crippen LogP) is 3.93. The molecular formula is C23H28N4O6S. The van der Waals surface area contributed by atoms with Gasteiger partial charge in [0, 0.05) is 23.5 Å². The Morgan fingerprint density at radius 2 is 1.76 bits per heavy atom. The van der Waals surface area contributed by atoms with Gasteiger partial charge in [0.15, 0.2) is 0 Å². The van der Waals surface area contributed by atoms with E-state index in [1.165, 1.54) is 30.5 Å². The zero-order chi connectivity index (χ0) is 24.9. The number of hydrogen-bond acceptors (Lipinski definition) is 8. The van der Waals surface area contributed by atoms with Gasteiger partial charge >= 0.3 is 0 Å². The number of nitrogens with zero attached hydrogens (tertiary/aromatic N) is 2. The van der Waals surface area contributed by atoms with Crippen molar-refractivity contribution in [1.82, 2.24) is 10.1 Å². The van der Waals surface area contributed by atoms with Crippen LogP contribution in [0.5, 0.6) is 5.88 Å². The first kappa shape index (κ1) is 25.2. The average molecular weight is 489 g/mol. The first-order chi connectivity index (χ1) is 15.9. The smallest absolute Gasteiger partial charge is 0.264 e. The number of aromatic nitrogens is 2. The Bertz CT molecular complexity index is 1230. The van der Waals surface area contributed by atoms with Gasteiger partial charge in [0.25, 0.3) is 15.9 Å². The number of amides is 1. The van der Waals surface area contributed by atoms with Crippen molar-refractivity contribution in [1.29, 1.82) is 0 Å². The molecule has 2 aromatic heterocycles. The van der Waals surface area contributed by atoms with E-state index in [0.29, 0.717) is 41.6 Å². The second-order valence-corrected chi connectivity index (χ2v) is 10.2. The lowest BCUT2D eigenvalue weighted by Gasteiger charge is -2.19. The third-order valence-electron chi connectivity index (χ3n) is 4.67. The fourth-order valence-corrected chi connectivity index (χ4v) is 3.75. The van der Waals surface area contributed by atoms with Crippen LogP contribution in [-0.4, -0.2) is 43.3 Å². The van der Waals surface area contributed by atoms with Crippen molar-refractivity contribution in [2.75, 3.05) is 23.3 Å². The molecule has 3 aromatic rings. The second-order valence-electron chi connectivity index (χ2n) is 8.50. The lowest BCUT2D eigenvalue weighted by Crippen LogP contribution is -2.22. The minimum Gasteiger partial charge on any atom is -0.475 e. The van der Waals surface area contributed by atoms with Crippen LogP contribution in [0, 0.1) is 13.8 Å². The summed E-state index contributed by atoms with van der Waals surface area (Å²) >= 11 is 0. The Kier molecular flexibility index (Phi) is 7.57. The molecule has 0 fully saturated rings. The third-order valence-corrected chi connectivity index (χ3v) is 6.02. The molecule has 0 unspecified atom stereocenters. The molecule has 0 spiro atoms. The van der Waals surface area contributed by atoms with Gasteiger partial charge in [-0.05, 0) is 65.0 Å². The molecule has 2 heterocycles. The normalized spacial score (nSPS) is 11.8. The van der Waals surface area contributed by atoms with Crippen LogP contribution >= 0.6 is 0 Å². The van der Waals surface area contributed by atoms with Crippen LogP contribution in [-0.2, 0) is 14.8 Å². The first-order valence-corrected chi connectivity index (χ1v) is 12.0. The minimum atomic E-state index is -3.87. The van der Waals surface area contributed by atoms with Crippen LogP contribution in [0.3, 0.4) is 0 Å². The van der Waals surface area contributed by atoms with E-state index in [4.69, 9.17) is 14.0 Å². The maximum Gasteiger partial charge on any atom is 0.264 e. The van der Waals surface area contributed by atoms with E-state index < -0.39 is 15.9 Å². The summed E-state index contributed by atoms with van der Waals surface area (Å²) in [4.78, 5) is 16.6. The molecule has 1 aromatic carbocycles. The summed E-state index contributed by atoms with van der Waals surface area (Å²) in [6.07, 6.45) is 1.40. The summed E-state index contributed by atoms with van der Waals surface area (Å²) in [6, 6.07) is 8.93. The Labute approximate surface area is 198 Å². The van der Waals surface area contributed by atoms with E-state index in [0.717, 1.165) is 0 Å². The summed E-state index contributed by atoms with van der Waals surface area (Å²) in [5.41, 5.74) is 1.71. The van der Waals surface area contributed by atoms with Crippen molar-refractivity contribution < 1.29 is 27.2 Å². The zero-order valence-corrected chi connectivity index (χ0v) is 20.5. The molecule has 0 saturated carbocycles. The number of rotatable bonds is 9. The molecule has 0 aliphatic rings. The number of pyridine rings is 1. The van der Waals surface area contributed by atoms with Crippen molar-refractivity contribution in [2.45, 2.75) is 45.1 Å². The third kappa shape index (κ3) is 6.78. The summed E-state index contributed by atoms with van der Waals surface area (Å²) in [5.74, 6) is 0.0569. The number of aryl methyl sites for hydroxylation is 1. The van der Waals surface area contributed by atoms with Crippen LogP contribution in [0.4, 0.5) is 11.6 Å². The lowest BCUT2D eigenvalue weighted by molar-refractivity contribution is -0.0168.